The lowest BCUT2D eigenvalue weighted by Crippen LogP contribution is -2.56. The number of hydrogen-bond donors (Lipinski definition) is 0. The zero-order chi connectivity index (χ0) is 13.0. The zero-order valence-corrected chi connectivity index (χ0v) is 12.7. The van der Waals surface area contributed by atoms with Crippen LogP contribution in [0.1, 0.15) is 72.6 Å². The summed E-state index contributed by atoms with van der Waals surface area (Å²) in [5.41, 5.74) is 1.35. The van der Waals surface area contributed by atoms with E-state index < -0.39 is 0 Å². The van der Waals surface area contributed by atoms with Crippen LogP contribution in [0.2, 0.25) is 0 Å². The Kier molecular flexibility index (Phi) is 2.86. The summed E-state index contributed by atoms with van der Waals surface area (Å²) in [6.07, 6.45) is 9.55. The Bertz CT molecular complexity index is 335. The standard InChI is InChI=1S/C17H30O/c1-5-17-11-7-13-15(2,3)9-6-10-16(13,4)14(17)8-12-18-17/h13-14H,5-12H2,1-4H3/t13-,14-,16+,17?/m0/s1. The molecule has 3 rings (SSSR count). The lowest BCUT2D eigenvalue weighted by atomic mass is 9.45. The molecule has 1 heteroatoms. The summed E-state index contributed by atoms with van der Waals surface area (Å²) in [6.45, 7) is 11.0. The minimum Gasteiger partial charge on any atom is -0.375 e. The van der Waals surface area contributed by atoms with Gasteiger partial charge in [-0.2, -0.15) is 0 Å². The molecular weight excluding hydrogens is 220 g/mol. The number of rotatable bonds is 1. The molecule has 2 saturated carbocycles. The molecule has 0 aromatic rings. The topological polar surface area (TPSA) is 9.23 Å². The van der Waals surface area contributed by atoms with Crippen LogP contribution in [0, 0.1) is 22.7 Å². The summed E-state index contributed by atoms with van der Waals surface area (Å²) in [4.78, 5) is 0. The van der Waals surface area contributed by atoms with Crippen molar-refractivity contribution < 1.29 is 4.74 Å². The van der Waals surface area contributed by atoms with Gasteiger partial charge >= 0.3 is 0 Å². The van der Waals surface area contributed by atoms with E-state index in [0.29, 0.717) is 10.8 Å². The Morgan fingerprint density at radius 2 is 1.78 bits per heavy atom. The summed E-state index contributed by atoms with van der Waals surface area (Å²) in [7, 11) is 0. The Labute approximate surface area is 113 Å². The summed E-state index contributed by atoms with van der Waals surface area (Å²) in [5, 5.41) is 0. The molecule has 0 N–H and O–H groups in total. The molecule has 1 nitrogen and oxygen atoms in total. The van der Waals surface area contributed by atoms with Gasteiger partial charge in [0, 0.05) is 6.61 Å². The lowest BCUT2D eigenvalue weighted by molar-refractivity contribution is -0.156. The molecule has 104 valence electrons. The van der Waals surface area contributed by atoms with Crippen molar-refractivity contribution in [3.05, 3.63) is 0 Å². The van der Waals surface area contributed by atoms with Gasteiger partial charge in [0.05, 0.1) is 5.60 Å². The first-order valence-electron chi connectivity index (χ1n) is 8.09. The van der Waals surface area contributed by atoms with Gasteiger partial charge < -0.3 is 4.74 Å². The minimum absolute atomic E-state index is 0.249. The fourth-order valence-electron chi connectivity index (χ4n) is 6.14. The summed E-state index contributed by atoms with van der Waals surface area (Å²) in [5.74, 6) is 1.75. The monoisotopic (exact) mass is 250 g/mol. The van der Waals surface area contributed by atoms with Crippen LogP contribution in [0.15, 0.2) is 0 Å². The highest BCUT2D eigenvalue weighted by Gasteiger charge is 2.61. The third-order valence-corrected chi connectivity index (χ3v) is 6.96. The molecule has 3 aliphatic rings. The van der Waals surface area contributed by atoms with Crippen LogP contribution in [0.3, 0.4) is 0 Å². The number of ether oxygens (including phenoxy) is 1. The normalized spacial score (nSPS) is 50.7. The highest BCUT2D eigenvalue weighted by atomic mass is 16.5. The van der Waals surface area contributed by atoms with Crippen molar-refractivity contribution in [2.75, 3.05) is 6.61 Å². The van der Waals surface area contributed by atoms with Crippen LogP contribution < -0.4 is 0 Å². The minimum atomic E-state index is 0.249. The predicted octanol–water partition coefficient (Wildman–Crippen LogP) is 4.80. The van der Waals surface area contributed by atoms with E-state index in [9.17, 15) is 0 Å². The lowest BCUT2D eigenvalue weighted by Gasteiger charge is -2.60. The fourth-order valence-corrected chi connectivity index (χ4v) is 6.14. The van der Waals surface area contributed by atoms with Gasteiger partial charge in [-0.1, -0.05) is 34.1 Å². The van der Waals surface area contributed by atoms with Crippen molar-refractivity contribution in [1.82, 2.24) is 0 Å². The van der Waals surface area contributed by atoms with E-state index in [1.165, 1.54) is 44.9 Å². The molecule has 1 saturated heterocycles. The van der Waals surface area contributed by atoms with Gasteiger partial charge in [-0.25, -0.2) is 0 Å². The molecule has 0 spiro atoms. The molecule has 1 unspecified atom stereocenters. The van der Waals surface area contributed by atoms with E-state index in [1.54, 1.807) is 0 Å². The van der Waals surface area contributed by atoms with Gasteiger partial charge in [0.2, 0.25) is 0 Å². The van der Waals surface area contributed by atoms with Crippen LogP contribution in [-0.4, -0.2) is 12.2 Å². The highest BCUT2D eigenvalue weighted by molar-refractivity contribution is 5.10. The Morgan fingerprint density at radius 1 is 1.00 bits per heavy atom. The maximum absolute atomic E-state index is 6.28. The molecule has 0 aromatic carbocycles. The van der Waals surface area contributed by atoms with E-state index >= 15 is 0 Å². The quantitative estimate of drug-likeness (QED) is 0.649. The van der Waals surface area contributed by atoms with Gasteiger partial charge in [0.1, 0.15) is 0 Å². The Morgan fingerprint density at radius 3 is 2.50 bits per heavy atom. The van der Waals surface area contributed by atoms with Gasteiger partial charge in [-0.15, -0.1) is 0 Å². The molecule has 2 aliphatic carbocycles. The third kappa shape index (κ3) is 1.55. The molecule has 0 radical (unpaired) electrons. The zero-order valence-electron chi connectivity index (χ0n) is 12.7. The summed E-state index contributed by atoms with van der Waals surface area (Å²) in [6, 6.07) is 0. The molecule has 1 aliphatic heterocycles. The highest BCUT2D eigenvalue weighted by Crippen LogP contribution is 2.65. The molecule has 4 atom stereocenters. The summed E-state index contributed by atoms with van der Waals surface area (Å²) >= 11 is 0. The van der Waals surface area contributed by atoms with Crippen LogP contribution in [0.4, 0.5) is 0 Å². The second-order valence-electron chi connectivity index (χ2n) is 8.05. The van der Waals surface area contributed by atoms with Crippen LogP contribution >= 0.6 is 0 Å². The molecule has 3 fully saturated rings. The largest absolute Gasteiger partial charge is 0.375 e. The maximum atomic E-state index is 6.28. The SMILES string of the molecule is CCC12CC[C@H]3C(C)(C)CCC[C@@]3(C)[C@@H]1CCO2. The van der Waals surface area contributed by atoms with Crippen LogP contribution in [0.5, 0.6) is 0 Å². The third-order valence-electron chi connectivity index (χ3n) is 6.96. The van der Waals surface area contributed by atoms with Crippen molar-refractivity contribution in [3.8, 4) is 0 Å². The Hall–Kier alpha value is -0.0400. The predicted molar refractivity (Wildman–Crippen MR) is 75.5 cm³/mol. The van der Waals surface area contributed by atoms with E-state index in [1.807, 2.05) is 0 Å². The average molecular weight is 250 g/mol. The second-order valence-corrected chi connectivity index (χ2v) is 8.05. The molecule has 0 amide bonds. The van der Waals surface area contributed by atoms with Crippen LogP contribution in [0.25, 0.3) is 0 Å². The number of hydrogen-bond acceptors (Lipinski definition) is 1. The molecule has 18 heavy (non-hydrogen) atoms. The molecule has 0 bridgehead atoms. The van der Waals surface area contributed by atoms with E-state index in [4.69, 9.17) is 4.74 Å². The van der Waals surface area contributed by atoms with Crippen molar-refractivity contribution >= 4 is 0 Å². The fraction of sp³-hybridized carbons (Fsp3) is 1.00. The number of fused-ring (bicyclic) bond motifs is 3. The van der Waals surface area contributed by atoms with Crippen molar-refractivity contribution in [2.24, 2.45) is 22.7 Å². The first-order chi connectivity index (χ1) is 8.45. The van der Waals surface area contributed by atoms with E-state index in [2.05, 4.69) is 27.7 Å². The average Bonchev–Trinajstić information content (AvgIpc) is 2.73. The van der Waals surface area contributed by atoms with Crippen molar-refractivity contribution in [1.29, 1.82) is 0 Å². The van der Waals surface area contributed by atoms with Gasteiger partial charge in [-0.3, -0.25) is 0 Å². The van der Waals surface area contributed by atoms with Crippen LogP contribution in [-0.2, 0) is 4.74 Å². The van der Waals surface area contributed by atoms with E-state index in [0.717, 1.165) is 18.4 Å². The Balaban J connectivity index is 1.98. The molecule has 1 heterocycles. The maximum Gasteiger partial charge on any atom is 0.0714 e. The van der Waals surface area contributed by atoms with Crippen molar-refractivity contribution in [3.63, 3.8) is 0 Å². The van der Waals surface area contributed by atoms with Crippen molar-refractivity contribution in [2.45, 2.75) is 78.2 Å². The molecule has 0 aromatic heterocycles. The first-order valence-corrected chi connectivity index (χ1v) is 8.09. The first kappa shape index (κ1) is 13.0. The van der Waals surface area contributed by atoms with Gasteiger partial charge in [-0.05, 0) is 61.2 Å². The summed E-state index contributed by atoms with van der Waals surface area (Å²) < 4.78 is 6.28. The smallest absolute Gasteiger partial charge is 0.0714 e. The molecular formula is C17H30O. The van der Waals surface area contributed by atoms with Gasteiger partial charge in [0.15, 0.2) is 0 Å². The second kappa shape index (κ2) is 3.98. The van der Waals surface area contributed by atoms with Gasteiger partial charge in [0.25, 0.3) is 0 Å². The van der Waals surface area contributed by atoms with E-state index in [-0.39, 0.29) is 5.60 Å².